The van der Waals surface area contributed by atoms with Gasteiger partial charge < -0.3 is 5.32 Å². The van der Waals surface area contributed by atoms with Crippen LogP contribution in [0.4, 0.5) is 5.13 Å². The van der Waals surface area contributed by atoms with E-state index in [-0.39, 0.29) is 24.7 Å². The molecule has 0 bridgehead atoms. The van der Waals surface area contributed by atoms with Gasteiger partial charge in [-0.25, -0.2) is 5.01 Å². The minimum Gasteiger partial charge on any atom is -0.301 e. The van der Waals surface area contributed by atoms with Crippen LogP contribution in [0.15, 0.2) is 35.4 Å². The fourth-order valence-corrected chi connectivity index (χ4v) is 2.96. The van der Waals surface area contributed by atoms with Gasteiger partial charge in [-0.15, -0.1) is 10.2 Å². The molecule has 0 saturated carbocycles. The van der Waals surface area contributed by atoms with Crippen LogP contribution < -0.4 is 5.32 Å². The molecule has 0 radical (unpaired) electrons. The van der Waals surface area contributed by atoms with E-state index in [0.29, 0.717) is 11.7 Å². The highest BCUT2D eigenvalue weighted by Crippen LogP contribution is 2.16. The first-order valence-corrected chi connectivity index (χ1v) is 8.46. The molecular formula is C16H17N5O2S. The Labute approximate surface area is 143 Å². The Bertz CT molecular complexity index is 772. The Morgan fingerprint density at radius 3 is 2.71 bits per heavy atom. The second-order valence-electron chi connectivity index (χ2n) is 5.35. The predicted molar refractivity (Wildman–Crippen MR) is 91.8 cm³/mol. The van der Waals surface area contributed by atoms with E-state index in [0.717, 1.165) is 22.7 Å². The number of rotatable bonds is 5. The summed E-state index contributed by atoms with van der Waals surface area (Å²) in [5.74, 6) is -0.393. The predicted octanol–water partition coefficient (Wildman–Crippen LogP) is 2.20. The van der Waals surface area contributed by atoms with Gasteiger partial charge in [0, 0.05) is 19.3 Å². The van der Waals surface area contributed by atoms with Crippen LogP contribution in [0.2, 0.25) is 0 Å². The standard InChI is InChI=1S/C16H17N5O2S/c1-11-18-19-16(24-11)17-14(22)7-8-15(23)21-10-9-13(20-21)12-5-3-2-4-6-12/h2-6H,7-10H2,1H3,(H,17,19,22). The maximum Gasteiger partial charge on any atom is 0.243 e. The smallest absolute Gasteiger partial charge is 0.243 e. The van der Waals surface area contributed by atoms with Gasteiger partial charge in [-0.05, 0) is 12.5 Å². The van der Waals surface area contributed by atoms with E-state index in [4.69, 9.17) is 0 Å². The Hall–Kier alpha value is -2.61. The number of nitrogens with one attached hydrogen (secondary N) is 1. The molecule has 3 rings (SSSR count). The SMILES string of the molecule is Cc1nnc(NC(=O)CCC(=O)N2CCC(c3ccccc3)=N2)s1. The molecule has 0 spiro atoms. The highest BCUT2D eigenvalue weighted by atomic mass is 32.1. The van der Waals surface area contributed by atoms with Crippen molar-refractivity contribution in [3.8, 4) is 0 Å². The van der Waals surface area contributed by atoms with Gasteiger partial charge in [0.05, 0.1) is 12.3 Å². The number of carbonyl (C=O) groups excluding carboxylic acids is 2. The van der Waals surface area contributed by atoms with E-state index in [1.165, 1.54) is 16.3 Å². The first kappa shape index (κ1) is 16.3. The molecule has 0 atom stereocenters. The average molecular weight is 343 g/mol. The lowest BCUT2D eigenvalue weighted by Crippen LogP contribution is -2.24. The Morgan fingerprint density at radius 2 is 2.00 bits per heavy atom. The van der Waals surface area contributed by atoms with Gasteiger partial charge in [0.1, 0.15) is 5.01 Å². The quantitative estimate of drug-likeness (QED) is 0.901. The second kappa shape index (κ2) is 7.31. The minimum atomic E-state index is -0.244. The molecule has 2 amide bonds. The third-order valence-electron chi connectivity index (χ3n) is 3.54. The third kappa shape index (κ3) is 4.02. The number of anilines is 1. The van der Waals surface area contributed by atoms with E-state index in [2.05, 4.69) is 20.6 Å². The summed E-state index contributed by atoms with van der Waals surface area (Å²) in [7, 11) is 0. The summed E-state index contributed by atoms with van der Waals surface area (Å²) < 4.78 is 0. The number of carbonyl (C=O) groups is 2. The molecule has 1 aliphatic rings. The number of benzene rings is 1. The number of amides is 2. The van der Waals surface area contributed by atoms with Crippen molar-refractivity contribution in [3.05, 3.63) is 40.9 Å². The fourth-order valence-electron chi connectivity index (χ4n) is 2.35. The molecule has 1 N–H and O–H groups in total. The van der Waals surface area contributed by atoms with Gasteiger partial charge in [0.15, 0.2) is 0 Å². The van der Waals surface area contributed by atoms with Gasteiger partial charge in [0.25, 0.3) is 0 Å². The number of hydrogen-bond donors (Lipinski definition) is 1. The maximum atomic E-state index is 12.2. The number of aromatic nitrogens is 2. The van der Waals surface area contributed by atoms with Gasteiger partial charge in [-0.1, -0.05) is 41.7 Å². The van der Waals surface area contributed by atoms with E-state index in [1.54, 1.807) is 0 Å². The number of nitrogens with zero attached hydrogens (tertiary/aromatic N) is 4. The van der Waals surface area contributed by atoms with Crippen molar-refractivity contribution in [2.24, 2.45) is 5.10 Å². The van der Waals surface area contributed by atoms with Crippen LogP contribution in [0.3, 0.4) is 0 Å². The lowest BCUT2D eigenvalue weighted by Gasteiger charge is -2.10. The molecule has 0 saturated heterocycles. The lowest BCUT2D eigenvalue weighted by atomic mass is 10.1. The number of hydrogen-bond acceptors (Lipinski definition) is 6. The molecule has 0 fully saturated rings. The van der Waals surface area contributed by atoms with Crippen LogP contribution in [0.25, 0.3) is 0 Å². The van der Waals surface area contributed by atoms with Gasteiger partial charge in [0.2, 0.25) is 16.9 Å². The molecule has 1 aromatic heterocycles. The average Bonchev–Trinajstić information content (AvgIpc) is 3.23. The summed E-state index contributed by atoms with van der Waals surface area (Å²) in [6.07, 6.45) is 0.950. The van der Waals surface area contributed by atoms with E-state index in [9.17, 15) is 9.59 Å². The van der Waals surface area contributed by atoms with Crippen LogP contribution >= 0.6 is 11.3 Å². The number of aryl methyl sites for hydroxylation is 1. The van der Waals surface area contributed by atoms with Crippen molar-refractivity contribution >= 4 is 34.0 Å². The van der Waals surface area contributed by atoms with Crippen LogP contribution in [-0.4, -0.2) is 39.3 Å². The summed E-state index contributed by atoms with van der Waals surface area (Å²) >= 11 is 1.30. The normalized spacial score (nSPS) is 13.7. The zero-order valence-electron chi connectivity index (χ0n) is 13.2. The molecule has 8 heteroatoms. The third-order valence-corrected chi connectivity index (χ3v) is 4.29. The summed E-state index contributed by atoms with van der Waals surface area (Å²) in [5, 5.41) is 17.3. The lowest BCUT2D eigenvalue weighted by molar-refractivity contribution is -0.132. The van der Waals surface area contributed by atoms with Crippen molar-refractivity contribution in [3.63, 3.8) is 0 Å². The molecule has 0 unspecified atom stereocenters. The first-order chi connectivity index (χ1) is 11.6. The van der Waals surface area contributed by atoms with E-state index in [1.807, 2.05) is 37.3 Å². The van der Waals surface area contributed by atoms with Gasteiger partial charge in [-0.2, -0.15) is 5.10 Å². The molecule has 1 aliphatic heterocycles. The molecule has 0 aliphatic carbocycles. The van der Waals surface area contributed by atoms with Crippen LogP contribution in [-0.2, 0) is 9.59 Å². The minimum absolute atomic E-state index is 0.101. The highest BCUT2D eigenvalue weighted by molar-refractivity contribution is 7.15. The first-order valence-electron chi connectivity index (χ1n) is 7.65. The highest BCUT2D eigenvalue weighted by Gasteiger charge is 2.22. The molecule has 2 heterocycles. The molecule has 24 heavy (non-hydrogen) atoms. The zero-order valence-corrected chi connectivity index (χ0v) is 14.0. The van der Waals surface area contributed by atoms with Gasteiger partial charge in [-0.3, -0.25) is 9.59 Å². The van der Waals surface area contributed by atoms with Crippen LogP contribution in [0, 0.1) is 6.92 Å². The second-order valence-corrected chi connectivity index (χ2v) is 6.54. The summed E-state index contributed by atoms with van der Waals surface area (Å²) in [6, 6.07) is 9.79. The Balaban J connectivity index is 1.50. The monoisotopic (exact) mass is 343 g/mol. The molecule has 124 valence electrons. The Morgan fingerprint density at radius 1 is 1.21 bits per heavy atom. The van der Waals surface area contributed by atoms with Crippen molar-refractivity contribution in [1.82, 2.24) is 15.2 Å². The van der Waals surface area contributed by atoms with Crippen molar-refractivity contribution < 1.29 is 9.59 Å². The summed E-state index contributed by atoms with van der Waals surface area (Å²) in [6.45, 7) is 2.37. The topological polar surface area (TPSA) is 87.5 Å². The van der Waals surface area contributed by atoms with Crippen molar-refractivity contribution in [2.75, 3.05) is 11.9 Å². The van der Waals surface area contributed by atoms with E-state index >= 15 is 0 Å². The summed E-state index contributed by atoms with van der Waals surface area (Å²) in [5.41, 5.74) is 1.93. The number of hydrazone groups is 1. The zero-order chi connectivity index (χ0) is 16.9. The summed E-state index contributed by atoms with van der Waals surface area (Å²) in [4.78, 5) is 24.0. The van der Waals surface area contributed by atoms with E-state index < -0.39 is 0 Å². The van der Waals surface area contributed by atoms with Crippen molar-refractivity contribution in [1.29, 1.82) is 0 Å². The van der Waals surface area contributed by atoms with Gasteiger partial charge >= 0.3 is 0 Å². The Kier molecular flexibility index (Phi) is 4.95. The van der Waals surface area contributed by atoms with Crippen LogP contribution in [0.5, 0.6) is 0 Å². The van der Waals surface area contributed by atoms with Crippen LogP contribution in [0.1, 0.15) is 29.8 Å². The maximum absolute atomic E-state index is 12.2. The molecule has 1 aromatic carbocycles. The largest absolute Gasteiger partial charge is 0.301 e. The molecule has 2 aromatic rings. The molecule has 7 nitrogen and oxygen atoms in total. The fraction of sp³-hybridized carbons (Fsp3) is 0.312. The van der Waals surface area contributed by atoms with Crippen molar-refractivity contribution in [2.45, 2.75) is 26.2 Å². The molecular weight excluding hydrogens is 326 g/mol.